The third-order valence-electron chi connectivity index (χ3n) is 9.71. The Labute approximate surface area is 296 Å². The Morgan fingerprint density at radius 1 is 0.654 bits per heavy atom. The van der Waals surface area contributed by atoms with Gasteiger partial charge in [-0.15, -0.1) is 10.2 Å². The quantitative estimate of drug-likeness (QED) is 0.103. The fraction of sp³-hybridized carbons (Fsp3) is 0.0244. The first-order valence-corrected chi connectivity index (χ1v) is 16.7. The lowest BCUT2D eigenvalue weighted by molar-refractivity contribution is 0.640. The number of para-hydroxylation sites is 2. The smallest absolute Gasteiger partial charge is 0.229 e. The number of hydrazine groups is 1. The molecule has 0 radical (unpaired) electrons. The molecular formula is C41H28N10O. The summed E-state index contributed by atoms with van der Waals surface area (Å²) < 4.78 is 10.4. The fourth-order valence-corrected chi connectivity index (χ4v) is 7.28. The Bertz CT molecular complexity index is 2940. The van der Waals surface area contributed by atoms with Crippen LogP contribution < -0.4 is 11.0 Å². The number of fused-ring (bicyclic) bond motifs is 7. The number of rotatable bonds is 6. The zero-order valence-corrected chi connectivity index (χ0v) is 27.8. The van der Waals surface area contributed by atoms with E-state index in [2.05, 4.69) is 120 Å². The summed E-state index contributed by atoms with van der Waals surface area (Å²) in [5.41, 5.74) is 17.2. The van der Waals surface area contributed by atoms with E-state index in [-0.39, 0.29) is 0 Å². The minimum absolute atomic E-state index is 0.534. The molecule has 0 aliphatic carbocycles. The molecule has 0 bridgehead atoms. The molecule has 9 aromatic rings. The third-order valence-corrected chi connectivity index (χ3v) is 9.71. The molecule has 4 aromatic carbocycles. The van der Waals surface area contributed by atoms with Crippen LogP contribution in [0.4, 0.5) is 11.6 Å². The number of aromatic nitrogens is 4. The molecule has 0 atom stereocenters. The summed E-state index contributed by atoms with van der Waals surface area (Å²) in [5.74, 6) is 1.63. The van der Waals surface area contributed by atoms with Crippen LogP contribution in [-0.4, -0.2) is 32.0 Å². The summed E-state index contributed by atoms with van der Waals surface area (Å²) in [6.07, 6.45) is 5.55. The SMILES string of the molecule is C=N/N=N\c1c(C)c2ccc(-c3cnc4oc5ncc(-c6ccc7c8c(n(-c9ccccc9)c7c6)NNN=C8)cc5c4c3)cc2n1-c1ccccc1. The molecule has 248 valence electrons. The van der Waals surface area contributed by atoms with E-state index in [1.807, 2.05) is 61.9 Å². The molecule has 6 heterocycles. The number of pyridine rings is 2. The number of hydrazone groups is 1. The first-order valence-electron chi connectivity index (χ1n) is 16.7. The highest BCUT2D eigenvalue weighted by atomic mass is 16.3. The van der Waals surface area contributed by atoms with Gasteiger partial charge in [0, 0.05) is 63.5 Å². The third kappa shape index (κ3) is 4.53. The van der Waals surface area contributed by atoms with E-state index in [0.29, 0.717) is 17.2 Å². The molecule has 0 spiro atoms. The lowest BCUT2D eigenvalue weighted by Gasteiger charge is -2.15. The van der Waals surface area contributed by atoms with Crippen LogP contribution in [0.3, 0.4) is 0 Å². The van der Waals surface area contributed by atoms with Crippen molar-refractivity contribution in [1.29, 1.82) is 0 Å². The molecule has 11 heteroatoms. The maximum absolute atomic E-state index is 6.14. The Hall–Kier alpha value is -7.40. The van der Waals surface area contributed by atoms with Crippen LogP contribution in [0, 0.1) is 6.92 Å². The Morgan fingerprint density at radius 3 is 1.88 bits per heavy atom. The number of hydrogen-bond donors (Lipinski definition) is 2. The van der Waals surface area contributed by atoms with Crippen molar-refractivity contribution < 1.29 is 4.42 Å². The minimum atomic E-state index is 0.534. The summed E-state index contributed by atoms with van der Waals surface area (Å²) in [6.45, 7) is 5.51. The predicted molar refractivity (Wildman–Crippen MR) is 207 cm³/mol. The average molecular weight is 677 g/mol. The van der Waals surface area contributed by atoms with Gasteiger partial charge in [-0.1, -0.05) is 60.7 Å². The van der Waals surface area contributed by atoms with Gasteiger partial charge < -0.3 is 4.42 Å². The molecule has 1 aliphatic rings. The summed E-state index contributed by atoms with van der Waals surface area (Å²) in [6, 6.07) is 37.5. The second kappa shape index (κ2) is 11.6. The van der Waals surface area contributed by atoms with Gasteiger partial charge >= 0.3 is 0 Å². The van der Waals surface area contributed by atoms with Crippen molar-refractivity contribution >= 4 is 68.6 Å². The molecule has 0 amide bonds. The van der Waals surface area contributed by atoms with E-state index in [9.17, 15) is 0 Å². The zero-order valence-electron chi connectivity index (χ0n) is 27.8. The van der Waals surface area contributed by atoms with E-state index >= 15 is 0 Å². The molecule has 0 saturated heterocycles. The van der Waals surface area contributed by atoms with Gasteiger partial charge in [-0.05, 0) is 71.8 Å². The number of furan rings is 1. The second-order valence-electron chi connectivity index (χ2n) is 12.6. The van der Waals surface area contributed by atoms with Gasteiger partial charge in [-0.3, -0.25) is 14.6 Å². The summed E-state index contributed by atoms with van der Waals surface area (Å²) in [7, 11) is 0. The highest BCUT2D eigenvalue weighted by molar-refractivity contribution is 6.09. The van der Waals surface area contributed by atoms with Gasteiger partial charge in [0.2, 0.25) is 11.4 Å². The van der Waals surface area contributed by atoms with E-state index in [1.165, 1.54) is 0 Å². The molecule has 0 saturated carbocycles. The summed E-state index contributed by atoms with van der Waals surface area (Å²) in [4.78, 5) is 9.50. The Morgan fingerprint density at radius 2 is 1.25 bits per heavy atom. The normalized spacial score (nSPS) is 12.6. The van der Waals surface area contributed by atoms with Crippen molar-refractivity contribution in [3.05, 3.63) is 133 Å². The van der Waals surface area contributed by atoms with Crippen molar-refractivity contribution in [2.45, 2.75) is 6.92 Å². The van der Waals surface area contributed by atoms with Crippen molar-refractivity contribution in [3.8, 4) is 33.6 Å². The fourth-order valence-electron chi connectivity index (χ4n) is 7.28. The average Bonchev–Trinajstić information content (AvgIpc) is 3.83. The molecule has 11 nitrogen and oxygen atoms in total. The monoisotopic (exact) mass is 676 g/mol. The van der Waals surface area contributed by atoms with Crippen molar-refractivity contribution in [1.82, 2.24) is 24.6 Å². The largest absolute Gasteiger partial charge is 0.419 e. The van der Waals surface area contributed by atoms with E-state index in [0.717, 1.165) is 83.2 Å². The molecule has 0 unspecified atom stereocenters. The number of anilines is 1. The number of hydrogen-bond acceptors (Lipinski definition) is 8. The van der Waals surface area contributed by atoms with Crippen molar-refractivity contribution in [3.63, 3.8) is 0 Å². The number of aryl methyl sites for hydroxylation is 1. The van der Waals surface area contributed by atoms with Crippen LogP contribution in [0.25, 0.3) is 77.6 Å². The van der Waals surface area contributed by atoms with Crippen LogP contribution in [0.15, 0.2) is 147 Å². The Balaban J connectivity index is 1.11. The molecule has 5 aromatic heterocycles. The van der Waals surface area contributed by atoms with E-state index in [4.69, 9.17) is 14.4 Å². The van der Waals surface area contributed by atoms with Crippen LogP contribution in [0.5, 0.6) is 0 Å². The first-order chi connectivity index (χ1) is 25.7. The van der Waals surface area contributed by atoms with Gasteiger partial charge in [0.05, 0.1) is 28.0 Å². The van der Waals surface area contributed by atoms with Crippen LogP contribution in [0.2, 0.25) is 0 Å². The van der Waals surface area contributed by atoms with E-state index in [1.54, 1.807) is 0 Å². The molecule has 0 fully saturated rings. The van der Waals surface area contributed by atoms with Crippen LogP contribution in [0.1, 0.15) is 11.1 Å². The number of benzene rings is 4. The van der Waals surface area contributed by atoms with Gasteiger partial charge in [-0.25, -0.2) is 15.5 Å². The van der Waals surface area contributed by atoms with E-state index < -0.39 is 0 Å². The lowest BCUT2D eigenvalue weighted by atomic mass is 10.0. The van der Waals surface area contributed by atoms with Gasteiger partial charge in [0.1, 0.15) is 5.82 Å². The van der Waals surface area contributed by atoms with Gasteiger partial charge in [0.15, 0.2) is 5.82 Å². The van der Waals surface area contributed by atoms with Crippen molar-refractivity contribution in [2.24, 2.45) is 20.5 Å². The van der Waals surface area contributed by atoms with Crippen LogP contribution in [-0.2, 0) is 0 Å². The second-order valence-corrected chi connectivity index (χ2v) is 12.6. The lowest BCUT2D eigenvalue weighted by Crippen LogP contribution is -2.22. The first kappa shape index (κ1) is 29.5. The number of nitrogens with one attached hydrogen (secondary N) is 2. The topological polar surface area (TPSA) is 122 Å². The zero-order chi connectivity index (χ0) is 34.8. The molecule has 2 N–H and O–H groups in total. The standard InChI is InChI=1S/C41H28N10O/c1-24-31-15-13-25(19-36(31)50(38(24)46-48-42-2)29-9-5-3-6-10-29)27-17-33-34-18-28(22-44-41(34)52-40(33)43-21-27)26-14-16-32-35-23-45-49-47-39(35)51(37(32)20-26)30-11-7-4-8-12-30/h3-23,47,49H,2H2,1H3/b48-46-. The van der Waals surface area contributed by atoms with Crippen molar-refractivity contribution in [2.75, 3.05) is 5.43 Å². The highest BCUT2D eigenvalue weighted by Crippen LogP contribution is 2.40. The van der Waals surface area contributed by atoms with Crippen LogP contribution >= 0.6 is 0 Å². The maximum Gasteiger partial charge on any atom is 0.229 e. The minimum Gasteiger partial charge on any atom is -0.419 e. The highest BCUT2D eigenvalue weighted by Gasteiger charge is 2.21. The molecular weight excluding hydrogens is 649 g/mol. The molecule has 10 rings (SSSR count). The summed E-state index contributed by atoms with van der Waals surface area (Å²) >= 11 is 0. The maximum atomic E-state index is 6.14. The molecule has 52 heavy (non-hydrogen) atoms. The van der Waals surface area contributed by atoms with Gasteiger partial charge in [-0.2, -0.15) is 5.10 Å². The number of nitrogens with zero attached hydrogens (tertiary/aromatic N) is 8. The Kier molecular flexibility index (Phi) is 6.58. The summed E-state index contributed by atoms with van der Waals surface area (Å²) in [5, 5.41) is 20.1. The molecule has 1 aliphatic heterocycles. The van der Waals surface area contributed by atoms with Gasteiger partial charge in [0.25, 0.3) is 0 Å². The predicted octanol–water partition coefficient (Wildman–Crippen LogP) is 9.87.